The Morgan fingerprint density at radius 3 is 1.68 bits per heavy atom. The summed E-state index contributed by atoms with van der Waals surface area (Å²) in [5.41, 5.74) is 20.2. The molecule has 0 bridgehead atoms. The zero-order valence-corrected chi connectivity index (χ0v) is 42.8. The number of thiol groups is 2. The molecule has 0 unspecified atom stereocenters. The predicted octanol–water partition coefficient (Wildman–Crippen LogP) is -1.51. The van der Waals surface area contributed by atoms with Gasteiger partial charge in [-0.1, -0.05) is 78.9 Å². The Bertz CT molecular complexity index is 2480. The maximum Gasteiger partial charge on any atom is 0.246 e. The number of carbonyl (C=O) groups is 8. The first kappa shape index (κ1) is 59.1. The first-order valence-corrected chi connectivity index (χ1v) is 25.1. The van der Waals surface area contributed by atoms with Crippen LogP contribution in [-0.2, 0) is 57.6 Å². The second kappa shape index (κ2) is 29.3. The first-order chi connectivity index (χ1) is 34.8. The SMILES string of the molecule is C[C@@H](O)[C@H](NC(=O)[C@H](CS)NC(=O)[C@@H](NC(=O)[C@H](CCCCN)NC(=O)[C@@H](Cc1c[nH]c2ccccc12)NC(=O)[C@H](Cc1ccccc1)N(C)C(=O)[C@H](CS)NC(=O)[C@H](N)Cc1ccccc1)[C@@H](C)O)C(N)=O. The molecule has 0 saturated heterocycles. The van der Waals surface area contributed by atoms with Gasteiger partial charge in [-0.25, -0.2) is 0 Å². The number of hydrogen-bond acceptors (Lipinski definition) is 14. The average molecular weight is 1050 g/mol. The maximum atomic E-state index is 14.8. The van der Waals surface area contributed by atoms with E-state index in [4.69, 9.17) is 17.2 Å². The number of hydrogen-bond donors (Lipinski definition) is 14. The van der Waals surface area contributed by atoms with Crippen molar-refractivity contribution in [1.29, 1.82) is 0 Å². The number of para-hydroxylation sites is 1. The number of unbranched alkanes of at least 4 members (excludes halogenated alkanes) is 1. The van der Waals surface area contributed by atoms with Crippen molar-refractivity contribution in [1.82, 2.24) is 41.8 Å². The highest BCUT2D eigenvalue weighted by Gasteiger charge is 2.37. The van der Waals surface area contributed by atoms with Gasteiger partial charge in [-0.2, -0.15) is 25.3 Å². The van der Waals surface area contributed by atoms with E-state index < -0.39 is 108 Å². The van der Waals surface area contributed by atoms with Crippen LogP contribution in [0.2, 0.25) is 0 Å². The minimum atomic E-state index is -1.70. The van der Waals surface area contributed by atoms with Gasteiger partial charge in [0.25, 0.3) is 0 Å². The molecule has 0 saturated carbocycles. The molecule has 1 heterocycles. The number of benzene rings is 3. The van der Waals surface area contributed by atoms with Gasteiger partial charge in [-0.3, -0.25) is 38.4 Å². The summed E-state index contributed by atoms with van der Waals surface area (Å²) in [6.45, 7) is 2.68. The molecule has 15 N–H and O–H groups in total. The van der Waals surface area contributed by atoms with Crippen molar-refractivity contribution in [3.8, 4) is 0 Å². The molecule has 8 amide bonds. The van der Waals surface area contributed by atoms with Crippen LogP contribution in [0.3, 0.4) is 0 Å². The minimum absolute atomic E-state index is 0.00803. The highest BCUT2D eigenvalue weighted by atomic mass is 32.1. The lowest BCUT2D eigenvalue weighted by Crippen LogP contribution is -2.62. The lowest BCUT2D eigenvalue weighted by atomic mass is 10.00. The van der Waals surface area contributed by atoms with Crippen molar-refractivity contribution >= 4 is 83.4 Å². The van der Waals surface area contributed by atoms with Crippen LogP contribution < -0.4 is 49.1 Å². The van der Waals surface area contributed by atoms with Crippen LogP contribution in [0, 0.1) is 0 Å². The smallest absolute Gasteiger partial charge is 0.246 e. The number of nitrogens with zero attached hydrogens (tertiary/aromatic N) is 1. The van der Waals surface area contributed by atoms with E-state index in [1.807, 2.05) is 48.5 Å². The molecule has 0 radical (unpaired) electrons. The van der Waals surface area contributed by atoms with Gasteiger partial charge in [0, 0.05) is 48.5 Å². The number of fused-ring (bicyclic) bond motifs is 1. The number of amides is 8. The number of rotatable bonds is 29. The van der Waals surface area contributed by atoms with Crippen LogP contribution in [-0.4, -0.2) is 153 Å². The monoisotopic (exact) mass is 1050 g/mol. The van der Waals surface area contributed by atoms with Crippen LogP contribution in [0.15, 0.2) is 91.1 Å². The van der Waals surface area contributed by atoms with E-state index in [1.54, 1.807) is 42.6 Å². The molecule has 0 aliphatic carbocycles. The summed E-state index contributed by atoms with van der Waals surface area (Å²) in [6.07, 6.45) is -0.438. The lowest BCUT2D eigenvalue weighted by molar-refractivity contribution is -0.142. The fourth-order valence-electron chi connectivity index (χ4n) is 7.90. The van der Waals surface area contributed by atoms with Crippen molar-refractivity contribution in [3.63, 3.8) is 0 Å². The van der Waals surface area contributed by atoms with Crippen LogP contribution in [0.4, 0.5) is 0 Å². The lowest BCUT2D eigenvalue weighted by Gasteiger charge is -2.32. The predicted molar refractivity (Wildman–Crippen MR) is 282 cm³/mol. The second-order valence-corrected chi connectivity index (χ2v) is 18.5. The molecule has 396 valence electrons. The summed E-state index contributed by atoms with van der Waals surface area (Å²) >= 11 is 8.49. The number of aliphatic hydroxyl groups is 2. The van der Waals surface area contributed by atoms with Gasteiger partial charge in [0.15, 0.2) is 0 Å². The molecule has 4 aromatic rings. The summed E-state index contributed by atoms with van der Waals surface area (Å²) < 4.78 is 0. The fraction of sp³-hybridized carbons (Fsp3) is 0.440. The summed E-state index contributed by atoms with van der Waals surface area (Å²) in [6, 6.07) is 14.4. The second-order valence-electron chi connectivity index (χ2n) is 17.8. The number of H-pyrrole nitrogens is 1. The number of primary amides is 1. The first-order valence-electron chi connectivity index (χ1n) is 23.8. The number of nitrogens with one attached hydrogen (secondary N) is 7. The van der Waals surface area contributed by atoms with Crippen molar-refractivity contribution < 1.29 is 48.6 Å². The van der Waals surface area contributed by atoms with Gasteiger partial charge in [-0.05, 0) is 68.8 Å². The Morgan fingerprint density at radius 2 is 1.11 bits per heavy atom. The highest BCUT2D eigenvalue weighted by Crippen LogP contribution is 2.20. The van der Waals surface area contributed by atoms with Crippen LogP contribution >= 0.6 is 25.3 Å². The summed E-state index contributed by atoms with van der Waals surface area (Å²) in [5.74, 6) is -7.20. The Hall–Kier alpha value is -6.50. The van der Waals surface area contributed by atoms with Gasteiger partial charge in [0.1, 0.15) is 42.3 Å². The average Bonchev–Trinajstić information content (AvgIpc) is 3.78. The van der Waals surface area contributed by atoms with Gasteiger partial charge in [-0.15, -0.1) is 0 Å². The molecular weight excluding hydrogens is 979 g/mol. The molecule has 0 aliphatic rings. The quantitative estimate of drug-likeness (QED) is 0.0218. The Labute approximate surface area is 435 Å². The van der Waals surface area contributed by atoms with Gasteiger partial charge in [0.2, 0.25) is 47.3 Å². The number of carbonyl (C=O) groups excluding carboxylic acids is 8. The summed E-state index contributed by atoms with van der Waals surface area (Å²) in [7, 11) is 1.40. The van der Waals surface area contributed by atoms with Crippen molar-refractivity contribution in [2.45, 2.75) is 113 Å². The molecule has 23 heteroatoms. The van der Waals surface area contributed by atoms with Gasteiger partial charge < -0.3 is 69.2 Å². The number of aromatic amines is 1. The molecule has 0 spiro atoms. The topological polar surface area (TPSA) is 346 Å². The van der Waals surface area contributed by atoms with E-state index in [2.05, 4.69) is 62.1 Å². The summed E-state index contributed by atoms with van der Waals surface area (Å²) in [5, 5.41) is 36.8. The number of nitrogens with two attached hydrogens (primary N) is 3. The number of likely N-dealkylation sites (N-methyl/N-ethyl adjacent to an activating group) is 1. The molecule has 4 rings (SSSR count). The molecule has 10 atom stereocenters. The normalized spacial score (nSPS) is 15.4. The Balaban J connectivity index is 1.64. The van der Waals surface area contributed by atoms with Crippen molar-refractivity contribution in [2.75, 3.05) is 25.1 Å². The maximum absolute atomic E-state index is 14.8. The highest BCUT2D eigenvalue weighted by molar-refractivity contribution is 7.80. The molecule has 73 heavy (non-hydrogen) atoms. The van der Waals surface area contributed by atoms with E-state index in [9.17, 15) is 48.6 Å². The van der Waals surface area contributed by atoms with E-state index >= 15 is 0 Å². The molecular formula is C50H69N11O10S2. The van der Waals surface area contributed by atoms with Crippen LogP contribution in [0.25, 0.3) is 10.9 Å². The minimum Gasteiger partial charge on any atom is -0.391 e. The van der Waals surface area contributed by atoms with E-state index in [0.717, 1.165) is 16.5 Å². The standard InChI is InChI=1S/C50H69N11O10S2/c1-28(62)41(43(53)64)59-47(68)38(26-72)57-49(70)42(29(2)63)60-45(66)36(20-12-13-21-51)55-46(67)37(24-32-25-54-35-19-11-10-18-33(32)35)56-48(69)40(23-31-16-8-5-9-17-31)61(3)50(71)39(27-73)58-44(65)34(52)22-30-14-6-4-7-15-30/h4-11,14-19,25,28-29,34,36-42,54,62-63,72-73H,12-13,20-24,26-27,51-52H2,1-3H3,(H2,53,64)(H,55,67)(H,56,69)(H,57,70)(H,58,65)(H,59,68)(H,60,66)/t28-,29-,34-,36+,37-,38+,39+,40+,41+,42+/m1/s1. The largest absolute Gasteiger partial charge is 0.391 e. The third-order valence-corrected chi connectivity index (χ3v) is 12.8. The zero-order valence-electron chi connectivity index (χ0n) is 41.0. The molecule has 0 aliphatic heterocycles. The van der Waals surface area contributed by atoms with E-state index in [0.29, 0.717) is 24.0 Å². The fourth-order valence-corrected chi connectivity index (χ4v) is 8.40. The zero-order chi connectivity index (χ0) is 53.8. The van der Waals surface area contributed by atoms with E-state index in [1.165, 1.54) is 25.8 Å². The Morgan fingerprint density at radius 1 is 0.603 bits per heavy atom. The number of aromatic nitrogens is 1. The number of aliphatic hydroxyl groups excluding tert-OH is 2. The Kier molecular flexibility index (Phi) is 23.7. The third kappa shape index (κ3) is 17.6. The van der Waals surface area contributed by atoms with Crippen molar-refractivity contribution in [2.24, 2.45) is 17.2 Å². The molecule has 3 aromatic carbocycles. The van der Waals surface area contributed by atoms with Gasteiger partial charge >= 0.3 is 0 Å². The third-order valence-electron chi connectivity index (χ3n) is 12.1. The van der Waals surface area contributed by atoms with Crippen LogP contribution in [0.5, 0.6) is 0 Å². The molecule has 1 aromatic heterocycles. The molecule has 21 nitrogen and oxygen atoms in total. The van der Waals surface area contributed by atoms with Crippen molar-refractivity contribution in [3.05, 3.63) is 108 Å². The summed E-state index contributed by atoms with van der Waals surface area (Å²) in [4.78, 5) is 114. The van der Waals surface area contributed by atoms with Crippen LogP contribution in [0.1, 0.15) is 49.8 Å². The van der Waals surface area contributed by atoms with E-state index in [-0.39, 0.29) is 43.7 Å². The molecule has 0 fully saturated rings. The van der Waals surface area contributed by atoms with Gasteiger partial charge in [0.05, 0.1) is 18.2 Å².